The van der Waals surface area contributed by atoms with Crippen molar-refractivity contribution in [2.75, 3.05) is 19.8 Å². The van der Waals surface area contributed by atoms with E-state index in [9.17, 15) is 19.5 Å². The van der Waals surface area contributed by atoms with Crippen LogP contribution in [0.3, 0.4) is 0 Å². The topological polar surface area (TPSA) is 102 Å². The molecule has 118 valence electrons. The van der Waals surface area contributed by atoms with Crippen LogP contribution in [0.25, 0.3) is 0 Å². The summed E-state index contributed by atoms with van der Waals surface area (Å²) < 4.78 is 10.3. The van der Waals surface area contributed by atoms with E-state index in [4.69, 9.17) is 9.47 Å². The third kappa shape index (κ3) is 3.62. The Balaban J connectivity index is 1.94. The third-order valence-corrected chi connectivity index (χ3v) is 3.42. The molecular formula is C15H17NO6. The van der Waals surface area contributed by atoms with Gasteiger partial charge in [-0.15, -0.1) is 0 Å². The van der Waals surface area contributed by atoms with Crippen LogP contribution < -0.4 is 10.1 Å². The first-order chi connectivity index (χ1) is 10.4. The lowest BCUT2D eigenvalue weighted by molar-refractivity contribution is -0.148. The van der Waals surface area contributed by atoms with Gasteiger partial charge in [0, 0.05) is 18.6 Å². The first-order valence-corrected chi connectivity index (χ1v) is 6.79. The largest absolute Gasteiger partial charge is 0.484 e. The molecule has 1 aliphatic heterocycles. The number of ketones is 1. The molecule has 2 N–H and O–H groups in total. The highest BCUT2D eigenvalue weighted by atomic mass is 16.5. The standard InChI is InChI=1S/C15H17NO6/c1-10(17)11-3-2-4-12(7-11)22-8-13(18)16-15(14(19)20)5-6-21-9-15/h2-4,7H,5-6,8-9H2,1H3,(H,16,18)(H,19,20). The Labute approximate surface area is 127 Å². The molecule has 0 bridgehead atoms. The van der Waals surface area contributed by atoms with Gasteiger partial charge in [-0.3, -0.25) is 9.59 Å². The zero-order valence-electron chi connectivity index (χ0n) is 12.1. The smallest absolute Gasteiger partial charge is 0.331 e. The summed E-state index contributed by atoms with van der Waals surface area (Å²) in [6.07, 6.45) is 0.216. The molecule has 1 fully saturated rings. The van der Waals surface area contributed by atoms with Crippen LogP contribution in [-0.2, 0) is 14.3 Å². The average Bonchev–Trinajstić information content (AvgIpc) is 2.95. The summed E-state index contributed by atoms with van der Waals surface area (Å²) in [5.74, 6) is -1.42. The van der Waals surface area contributed by atoms with Crippen molar-refractivity contribution in [3.63, 3.8) is 0 Å². The Morgan fingerprint density at radius 1 is 1.41 bits per heavy atom. The number of carboxylic acids is 1. The molecule has 1 atom stereocenters. The van der Waals surface area contributed by atoms with Crippen LogP contribution in [0.1, 0.15) is 23.7 Å². The molecule has 0 aliphatic carbocycles. The number of carbonyl (C=O) groups is 3. The molecule has 1 aromatic carbocycles. The normalized spacial score (nSPS) is 20.4. The Kier molecular flexibility index (Phi) is 4.77. The fourth-order valence-corrected chi connectivity index (χ4v) is 2.14. The van der Waals surface area contributed by atoms with E-state index in [2.05, 4.69) is 5.32 Å². The summed E-state index contributed by atoms with van der Waals surface area (Å²) in [6.45, 7) is 1.32. The average molecular weight is 307 g/mol. The number of amides is 1. The minimum absolute atomic E-state index is 0.0616. The molecule has 0 spiro atoms. The Morgan fingerprint density at radius 2 is 2.18 bits per heavy atom. The first-order valence-electron chi connectivity index (χ1n) is 6.79. The van der Waals surface area contributed by atoms with Crippen LogP contribution in [-0.4, -0.2) is 48.1 Å². The molecule has 7 heteroatoms. The van der Waals surface area contributed by atoms with Crippen LogP contribution >= 0.6 is 0 Å². The van der Waals surface area contributed by atoms with E-state index < -0.39 is 17.4 Å². The second-order valence-corrected chi connectivity index (χ2v) is 5.11. The van der Waals surface area contributed by atoms with E-state index in [-0.39, 0.29) is 32.0 Å². The van der Waals surface area contributed by atoms with E-state index >= 15 is 0 Å². The summed E-state index contributed by atoms with van der Waals surface area (Å²) in [5.41, 5.74) is -0.911. The van der Waals surface area contributed by atoms with Crippen LogP contribution in [0.4, 0.5) is 0 Å². The highest BCUT2D eigenvalue weighted by Gasteiger charge is 2.43. The van der Waals surface area contributed by atoms with Crippen LogP contribution in [0.5, 0.6) is 5.75 Å². The van der Waals surface area contributed by atoms with Gasteiger partial charge >= 0.3 is 5.97 Å². The lowest BCUT2D eigenvalue weighted by atomic mass is 9.99. The van der Waals surface area contributed by atoms with Crippen LogP contribution in [0.2, 0.25) is 0 Å². The summed E-state index contributed by atoms with van der Waals surface area (Å²) in [4.78, 5) is 34.4. The second-order valence-electron chi connectivity index (χ2n) is 5.11. The van der Waals surface area contributed by atoms with Crippen molar-refractivity contribution in [2.24, 2.45) is 0 Å². The minimum Gasteiger partial charge on any atom is -0.484 e. The summed E-state index contributed by atoms with van der Waals surface area (Å²) in [7, 11) is 0. The summed E-state index contributed by atoms with van der Waals surface area (Å²) in [5, 5.41) is 11.7. The van der Waals surface area contributed by atoms with Gasteiger partial charge in [0.2, 0.25) is 0 Å². The predicted octanol–water partition coefficient (Wildman–Crippen LogP) is 0.628. The molecule has 1 aliphatic rings. The monoisotopic (exact) mass is 307 g/mol. The van der Waals surface area contributed by atoms with Crippen molar-refractivity contribution < 1.29 is 29.0 Å². The number of ether oxygens (including phenoxy) is 2. The molecule has 2 rings (SSSR count). The molecular weight excluding hydrogens is 290 g/mol. The van der Waals surface area contributed by atoms with E-state index in [1.54, 1.807) is 18.2 Å². The molecule has 0 aromatic heterocycles. The third-order valence-electron chi connectivity index (χ3n) is 3.42. The number of hydrogen-bond acceptors (Lipinski definition) is 5. The van der Waals surface area contributed by atoms with Gasteiger partial charge in [0.05, 0.1) is 6.61 Å². The van der Waals surface area contributed by atoms with E-state index in [0.717, 1.165) is 0 Å². The lowest BCUT2D eigenvalue weighted by Gasteiger charge is -2.23. The van der Waals surface area contributed by atoms with Gasteiger partial charge < -0.3 is 19.9 Å². The maximum Gasteiger partial charge on any atom is 0.331 e. The number of carboxylic acid groups (broad SMARTS) is 1. The zero-order valence-corrected chi connectivity index (χ0v) is 12.1. The van der Waals surface area contributed by atoms with Crippen molar-refractivity contribution >= 4 is 17.7 Å². The van der Waals surface area contributed by atoms with Crippen LogP contribution in [0.15, 0.2) is 24.3 Å². The fraction of sp³-hybridized carbons (Fsp3) is 0.400. The summed E-state index contributed by atoms with van der Waals surface area (Å²) >= 11 is 0. The molecule has 1 unspecified atom stereocenters. The van der Waals surface area contributed by atoms with Crippen LogP contribution in [0, 0.1) is 0 Å². The highest BCUT2D eigenvalue weighted by molar-refractivity contribution is 5.94. The highest BCUT2D eigenvalue weighted by Crippen LogP contribution is 2.19. The SMILES string of the molecule is CC(=O)c1cccc(OCC(=O)NC2(C(=O)O)CCOC2)c1. The molecule has 1 heterocycles. The van der Waals surface area contributed by atoms with Gasteiger partial charge in [-0.25, -0.2) is 4.79 Å². The molecule has 7 nitrogen and oxygen atoms in total. The molecule has 1 aromatic rings. The summed E-state index contributed by atoms with van der Waals surface area (Å²) in [6, 6.07) is 6.44. The van der Waals surface area contributed by atoms with Crippen molar-refractivity contribution in [1.29, 1.82) is 0 Å². The fourth-order valence-electron chi connectivity index (χ4n) is 2.14. The van der Waals surface area contributed by atoms with Gasteiger partial charge in [-0.1, -0.05) is 12.1 Å². The van der Waals surface area contributed by atoms with Gasteiger partial charge in [0.25, 0.3) is 5.91 Å². The van der Waals surface area contributed by atoms with Crippen molar-refractivity contribution in [1.82, 2.24) is 5.32 Å². The van der Waals surface area contributed by atoms with Gasteiger partial charge in [-0.05, 0) is 19.1 Å². The predicted molar refractivity (Wildman–Crippen MR) is 75.9 cm³/mol. The van der Waals surface area contributed by atoms with Crippen molar-refractivity contribution in [2.45, 2.75) is 18.9 Å². The Morgan fingerprint density at radius 3 is 2.77 bits per heavy atom. The maximum absolute atomic E-state index is 11.9. The number of aliphatic carboxylic acids is 1. The van der Waals surface area contributed by atoms with E-state index in [1.807, 2.05) is 0 Å². The lowest BCUT2D eigenvalue weighted by Crippen LogP contribution is -2.56. The number of benzene rings is 1. The van der Waals surface area contributed by atoms with Crippen molar-refractivity contribution in [3.05, 3.63) is 29.8 Å². The van der Waals surface area contributed by atoms with Gasteiger partial charge in [-0.2, -0.15) is 0 Å². The maximum atomic E-state index is 11.9. The van der Waals surface area contributed by atoms with E-state index in [1.165, 1.54) is 13.0 Å². The number of nitrogens with one attached hydrogen (secondary N) is 1. The minimum atomic E-state index is -1.39. The van der Waals surface area contributed by atoms with E-state index in [0.29, 0.717) is 11.3 Å². The van der Waals surface area contributed by atoms with Gasteiger partial charge in [0.15, 0.2) is 17.9 Å². The zero-order chi connectivity index (χ0) is 16.2. The first kappa shape index (κ1) is 16.0. The quantitative estimate of drug-likeness (QED) is 0.747. The number of carbonyl (C=O) groups excluding carboxylic acids is 2. The second kappa shape index (κ2) is 6.57. The van der Waals surface area contributed by atoms with Gasteiger partial charge in [0.1, 0.15) is 5.75 Å². The molecule has 22 heavy (non-hydrogen) atoms. The van der Waals surface area contributed by atoms with Crippen molar-refractivity contribution in [3.8, 4) is 5.75 Å². The Bertz CT molecular complexity index is 591. The molecule has 0 saturated carbocycles. The number of hydrogen-bond donors (Lipinski definition) is 2. The molecule has 1 saturated heterocycles. The number of rotatable bonds is 6. The molecule has 0 radical (unpaired) electrons. The molecule has 1 amide bonds. The Hall–Kier alpha value is -2.41. The number of Topliss-reactive ketones (excluding diaryl/α,β-unsaturated/α-hetero) is 1.